The third-order valence-electron chi connectivity index (χ3n) is 2.24. The monoisotopic (exact) mass is 293 g/mol. The normalized spacial score (nSPS) is 10.5. The van der Waals surface area contributed by atoms with Crippen LogP contribution in [0.15, 0.2) is 12.1 Å². The molecule has 106 valence electrons. The van der Waals surface area contributed by atoms with Crippen molar-refractivity contribution in [3.05, 3.63) is 34.4 Å². The predicted octanol–water partition coefficient (Wildman–Crippen LogP) is 1.75. The van der Waals surface area contributed by atoms with E-state index in [2.05, 4.69) is 5.32 Å². The number of benzene rings is 1. The Kier molecular flexibility index (Phi) is 6.69. The van der Waals surface area contributed by atoms with Crippen LogP contribution in [-0.2, 0) is 4.74 Å². The Hall–Kier alpha value is -1.24. The van der Waals surface area contributed by atoms with E-state index in [0.29, 0.717) is 13.0 Å². The van der Waals surface area contributed by atoms with Crippen LogP contribution in [0.2, 0.25) is 5.02 Å². The van der Waals surface area contributed by atoms with Crippen LogP contribution in [0.5, 0.6) is 0 Å². The minimum absolute atomic E-state index is 0.0678. The predicted molar refractivity (Wildman–Crippen MR) is 66.2 cm³/mol. The SMILES string of the molecule is O=C(NCCCOCCO)c1cc(F)c(Cl)cc1F. The first-order valence-corrected chi connectivity index (χ1v) is 6.05. The van der Waals surface area contributed by atoms with E-state index in [-0.39, 0.29) is 24.8 Å². The Balaban J connectivity index is 2.43. The van der Waals surface area contributed by atoms with Crippen molar-refractivity contribution >= 4 is 17.5 Å². The summed E-state index contributed by atoms with van der Waals surface area (Å²) in [6, 6.07) is 1.52. The van der Waals surface area contributed by atoms with Crippen molar-refractivity contribution in [2.45, 2.75) is 6.42 Å². The molecule has 0 spiro atoms. The summed E-state index contributed by atoms with van der Waals surface area (Å²) in [7, 11) is 0. The summed E-state index contributed by atoms with van der Waals surface area (Å²) in [6.45, 7) is 0.777. The van der Waals surface area contributed by atoms with Crippen molar-refractivity contribution in [1.82, 2.24) is 5.32 Å². The molecule has 0 bridgehead atoms. The molecule has 0 unspecified atom stereocenters. The van der Waals surface area contributed by atoms with E-state index in [1.807, 2.05) is 0 Å². The lowest BCUT2D eigenvalue weighted by atomic mass is 10.2. The van der Waals surface area contributed by atoms with E-state index in [1.165, 1.54) is 0 Å². The van der Waals surface area contributed by atoms with Gasteiger partial charge in [-0.3, -0.25) is 4.79 Å². The lowest BCUT2D eigenvalue weighted by molar-refractivity contribution is 0.0866. The van der Waals surface area contributed by atoms with Gasteiger partial charge in [-0.2, -0.15) is 0 Å². The zero-order valence-corrected chi connectivity index (χ0v) is 10.8. The average Bonchev–Trinajstić information content (AvgIpc) is 2.37. The minimum atomic E-state index is -0.875. The minimum Gasteiger partial charge on any atom is -0.394 e. The van der Waals surface area contributed by atoms with Gasteiger partial charge in [0, 0.05) is 13.2 Å². The van der Waals surface area contributed by atoms with Gasteiger partial charge in [-0.25, -0.2) is 8.78 Å². The Morgan fingerprint density at radius 3 is 2.74 bits per heavy atom. The molecule has 0 aromatic heterocycles. The molecule has 4 nitrogen and oxygen atoms in total. The molecule has 19 heavy (non-hydrogen) atoms. The zero-order valence-electron chi connectivity index (χ0n) is 10.1. The molecule has 1 aromatic carbocycles. The lowest BCUT2D eigenvalue weighted by Gasteiger charge is -2.07. The highest BCUT2D eigenvalue weighted by Crippen LogP contribution is 2.19. The molecule has 0 atom stereocenters. The Bertz CT molecular complexity index is 443. The summed E-state index contributed by atoms with van der Waals surface area (Å²) in [5.74, 6) is -2.44. The summed E-state index contributed by atoms with van der Waals surface area (Å²) in [6.07, 6.45) is 0.503. The molecule has 0 saturated heterocycles. The van der Waals surface area contributed by atoms with Gasteiger partial charge in [0.05, 0.1) is 23.8 Å². The largest absolute Gasteiger partial charge is 0.394 e. The second-order valence-electron chi connectivity index (χ2n) is 3.69. The summed E-state index contributed by atoms with van der Waals surface area (Å²) in [5, 5.41) is 10.5. The number of hydrogen-bond acceptors (Lipinski definition) is 3. The van der Waals surface area contributed by atoms with Crippen LogP contribution in [0.25, 0.3) is 0 Å². The number of carbonyl (C=O) groups is 1. The number of carbonyl (C=O) groups excluding carboxylic acids is 1. The number of hydrogen-bond donors (Lipinski definition) is 2. The smallest absolute Gasteiger partial charge is 0.254 e. The summed E-state index contributed by atoms with van der Waals surface area (Å²) >= 11 is 5.38. The molecule has 0 heterocycles. The van der Waals surface area contributed by atoms with Gasteiger partial charge in [-0.15, -0.1) is 0 Å². The fraction of sp³-hybridized carbons (Fsp3) is 0.417. The van der Waals surface area contributed by atoms with Gasteiger partial charge < -0.3 is 15.2 Å². The van der Waals surface area contributed by atoms with Crippen LogP contribution in [0, 0.1) is 11.6 Å². The highest BCUT2D eigenvalue weighted by atomic mass is 35.5. The van der Waals surface area contributed by atoms with Crippen LogP contribution in [0.4, 0.5) is 8.78 Å². The number of aliphatic hydroxyl groups excluding tert-OH is 1. The highest BCUT2D eigenvalue weighted by Gasteiger charge is 2.14. The van der Waals surface area contributed by atoms with Crippen molar-refractivity contribution in [3.63, 3.8) is 0 Å². The van der Waals surface area contributed by atoms with E-state index in [0.717, 1.165) is 12.1 Å². The molecule has 0 aliphatic rings. The van der Waals surface area contributed by atoms with E-state index < -0.39 is 23.1 Å². The van der Waals surface area contributed by atoms with Gasteiger partial charge in [-0.05, 0) is 18.6 Å². The topological polar surface area (TPSA) is 58.6 Å². The Morgan fingerprint density at radius 1 is 1.32 bits per heavy atom. The molecule has 0 saturated carbocycles. The number of ether oxygens (including phenoxy) is 1. The second kappa shape index (κ2) is 8.04. The molecule has 1 aromatic rings. The molecule has 0 aliphatic carbocycles. The first-order chi connectivity index (χ1) is 9.06. The second-order valence-corrected chi connectivity index (χ2v) is 4.10. The molecule has 7 heteroatoms. The molecule has 1 rings (SSSR count). The van der Waals surface area contributed by atoms with Crippen LogP contribution in [0.1, 0.15) is 16.8 Å². The maximum Gasteiger partial charge on any atom is 0.254 e. The van der Waals surface area contributed by atoms with Gasteiger partial charge in [0.1, 0.15) is 11.6 Å². The molecular formula is C12H14ClF2NO3. The van der Waals surface area contributed by atoms with Crippen molar-refractivity contribution < 1.29 is 23.4 Å². The van der Waals surface area contributed by atoms with E-state index in [4.69, 9.17) is 21.4 Å². The molecular weight excluding hydrogens is 280 g/mol. The van der Waals surface area contributed by atoms with Crippen molar-refractivity contribution in [2.24, 2.45) is 0 Å². The van der Waals surface area contributed by atoms with E-state index >= 15 is 0 Å². The fourth-order valence-electron chi connectivity index (χ4n) is 1.33. The van der Waals surface area contributed by atoms with Gasteiger partial charge in [0.2, 0.25) is 0 Å². The quantitative estimate of drug-likeness (QED) is 0.595. The van der Waals surface area contributed by atoms with Gasteiger partial charge in [0.25, 0.3) is 5.91 Å². The maximum absolute atomic E-state index is 13.4. The molecule has 2 N–H and O–H groups in total. The standard InChI is InChI=1S/C12H14ClF2NO3/c13-9-7-10(14)8(6-11(9)15)12(18)16-2-1-4-19-5-3-17/h6-7,17H,1-5H2,(H,16,18). The van der Waals surface area contributed by atoms with Crippen molar-refractivity contribution in [2.75, 3.05) is 26.4 Å². The number of rotatable bonds is 7. The van der Waals surface area contributed by atoms with Crippen molar-refractivity contribution in [1.29, 1.82) is 0 Å². The van der Waals surface area contributed by atoms with Crippen LogP contribution >= 0.6 is 11.6 Å². The lowest BCUT2D eigenvalue weighted by Crippen LogP contribution is -2.26. The highest BCUT2D eigenvalue weighted by molar-refractivity contribution is 6.30. The zero-order chi connectivity index (χ0) is 14.3. The number of nitrogens with one attached hydrogen (secondary N) is 1. The van der Waals surface area contributed by atoms with Crippen LogP contribution < -0.4 is 5.32 Å². The Labute approximate surface area is 114 Å². The maximum atomic E-state index is 13.4. The fourth-order valence-corrected chi connectivity index (χ4v) is 1.48. The third kappa shape index (κ3) is 5.10. The van der Waals surface area contributed by atoms with Crippen LogP contribution in [0.3, 0.4) is 0 Å². The van der Waals surface area contributed by atoms with E-state index in [1.54, 1.807) is 0 Å². The van der Waals surface area contributed by atoms with Gasteiger partial charge in [-0.1, -0.05) is 11.6 Å². The molecule has 0 radical (unpaired) electrons. The number of halogens is 3. The average molecular weight is 294 g/mol. The summed E-state index contributed by atoms with van der Waals surface area (Å²) in [5.41, 5.74) is -0.391. The molecule has 1 amide bonds. The summed E-state index contributed by atoms with van der Waals surface area (Å²) < 4.78 is 31.5. The third-order valence-corrected chi connectivity index (χ3v) is 2.53. The first kappa shape index (κ1) is 15.8. The van der Waals surface area contributed by atoms with Gasteiger partial charge >= 0.3 is 0 Å². The van der Waals surface area contributed by atoms with Crippen molar-refractivity contribution in [3.8, 4) is 0 Å². The number of aliphatic hydroxyl groups is 1. The first-order valence-electron chi connectivity index (χ1n) is 5.67. The van der Waals surface area contributed by atoms with E-state index in [9.17, 15) is 13.6 Å². The molecule has 0 fully saturated rings. The Morgan fingerprint density at radius 2 is 2.05 bits per heavy atom. The molecule has 0 aliphatic heterocycles. The summed E-state index contributed by atoms with van der Waals surface area (Å²) in [4.78, 5) is 11.6. The number of amides is 1. The van der Waals surface area contributed by atoms with Crippen LogP contribution in [-0.4, -0.2) is 37.4 Å². The van der Waals surface area contributed by atoms with Gasteiger partial charge in [0.15, 0.2) is 0 Å².